The molecule has 3 heterocycles. The van der Waals surface area contributed by atoms with Crippen LogP contribution in [0.3, 0.4) is 0 Å². The van der Waals surface area contributed by atoms with Crippen molar-refractivity contribution >= 4 is 5.91 Å². The third-order valence-electron chi connectivity index (χ3n) is 5.70. The number of benzene rings is 1. The van der Waals surface area contributed by atoms with E-state index in [2.05, 4.69) is 0 Å². The molecule has 0 radical (unpaired) electrons. The van der Waals surface area contributed by atoms with E-state index in [4.69, 9.17) is 18.9 Å². The Morgan fingerprint density at radius 2 is 1.93 bits per heavy atom. The number of hydrogen-bond donors (Lipinski definition) is 0. The van der Waals surface area contributed by atoms with Crippen molar-refractivity contribution in [1.82, 2.24) is 4.90 Å². The van der Waals surface area contributed by atoms with Crippen LogP contribution >= 0.6 is 0 Å². The monoisotopic (exact) mass is 401 g/mol. The van der Waals surface area contributed by atoms with Gasteiger partial charge in [-0.3, -0.25) is 4.79 Å². The Morgan fingerprint density at radius 1 is 1.14 bits per heavy atom. The zero-order valence-electron chi connectivity index (χ0n) is 17.4. The summed E-state index contributed by atoms with van der Waals surface area (Å²) >= 11 is 0. The van der Waals surface area contributed by atoms with Gasteiger partial charge in [0.1, 0.15) is 6.10 Å². The van der Waals surface area contributed by atoms with Gasteiger partial charge in [-0.25, -0.2) is 0 Å². The molecule has 3 aliphatic heterocycles. The van der Waals surface area contributed by atoms with E-state index in [0.717, 1.165) is 62.3 Å². The highest BCUT2D eigenvalue weighted by Gasteiger charge is 2.42. The number of piperidine rings is 1. The minimum absolute atomic E-state index is 0.0310. The fourth-order valence-corrected chi connectivity index (χ4v) is 4.26. The number of ether oxygens (including phenoxy) is 4. The first-order valence-corrected chi connectivity index (χ1v) is 10.7. The molecule has 158 valence electrons. The van der Waals surface area contributed by atoms with Crippen LogP contribution in [-0.2, 0) is 14.3 Å². The van der Waals surface area contributed by atoms with E-state index in [9.17, 15) is 4.79 Å². The van der Waals surface area contributed by atoms with E-state index in [1.165, 1.54) is 6.42 Å². The number of amides is 1. The minimum atomic E-state index is -0.619. The van der Waals surface area contributed by atoms with Crippen LogP contribution in [0.1, 0.15) is 64.0 Å². The molecule has 2 fully saturated rings. The van der Waals surface area contributed by atoms with Crippen LogP contribution in [0, 0.1) is 0 Å². The highest BCUT2D eigenvalue weighted by atomic mass is 16.8. The van der Waals surface area contributed by atoms with Crippen molar-refractivity contribution in [2.24, 2.45) is 0 Å². The number of likely N-dealkylation sites (tertiary alicyclic amines) is 1. The van der Waals surface area contributed by atoms with Crippen molar-refractivity contribution < 1.29 is 23.7 Å². The molecule has 0 unspecified atom stereocenters. The van der Waals surface area contributed by atoms with E-state index < -0.39 is 5.79 Å². The van der Waals surface area contributed by atoms with Gasteiger partial charge in [0.25, 0.3) is 0 Å². The Morgan fingerprint density at radius 3 is 2.76 bits per heavy atom. The van der Waals surface area contributed by atoms with Crippen LogP contribution in [0.2, 0.25) is 0 Å². The Kier molecular flexibility index (Phi) is 6.11. The molecular formula is C23H31NO5. The second kappa shape index (κ2) is 8.76. The van der Waals surface area contributed by atoms with Gasteiger partial charge in [0.05, 0.1) is 6.10 Å². The molecule has 1 aromatic carbocycles. The van der Waals surface area contributed by atoms with Gasteiger partial charge in [0.15, 0.2) is 17.3 Å². The van der Waals surface area contributed by atoms with Gasteiger partial charge in [0.2, 0.25) is 12.7 Å². The van der Waals surface area contributed by atoms with Gasteiger partial charge in [-0.05, 0) is 76.1 Å². The molecule has 1 amide bonds. The van der Waals surface area contributed by atoms with Gasteiger partial charge in [-0.1, -0.05) is 12.1 Å². The summed E-state index contributed by atoms with van der Waals surface area (Å²) in [4.78, 5) is 14.2. The number of fused-ring (bicyclic) bond motifs is 1. The number of nitrogens with zero attached hydrogens (tertiary/aromatic N) is 1. The fraction of sp³-hybridized carbons (Fsp3) is 0.609. The summed E-state index contributed by atoms with van der Waals surface area (Å²) in [6, 6.07) is 5.94. The molecule has 2 atom stereocenters. The fourth-order valence-electron chi connectivity index (χ4n) is 4.26. The normalized spacial score (nSPS) is 25.7. The lowest BCUT2D eigenvalue weighted by molar-refractivity contribution is -0.147. The Hall–Kier alpha value is -2.05. The minimum Gasteiger partial charge on any atom is -0.454 e. The summed E-state index contributed by atoms with van der Waals surface area (Å²) in [5.41, 5.74) is 1.04. The molecule has 1 aromatic rings. The lowest BCUT2D eigenvalue weighted by Gasteiger charge is -2.25. The highest BCUT2D eigenvalue weighted by Crippen LogP contribution is 2.43. The number of allylic oxidation sites excluding steroid dienone is 1. The lowest BCUT2D eigenvalue weighted by atomic mass is 9.99. The SMILES string of the molecule is CC1(C)O[C@@H](CCC/C=C/C(=O)N2CCCCC2)[C@@H](c2ccc3c(c2)OCO3)O1. The summed E-state index contributed by atoms with van der Waals surface area (Å²) in [5, 5.41) is 0. The molecule has 6 heteroatoms. The van der Waals surface area contributed by atoms with Crippen molar-refractivity contribution in [2.45, 2.75) is 70.4 Å². The van der Waals surface area contributed by atoms with Crippen LogP contribution in [-0.4, -0.2) is 42.6 Å². The summed E-state index contributed by atoms with van der Waals surface area (Å²) in [6.07, 6.45) is 9.69. The molecule has 0 aliphatic carbocycles. The average Bonchev–Trinajstić information content (AvgIpc) is 3.31. The Labute approximate surface area is 172 Å². The van der Waals surface area contributed by atoms with Crippen LogP contribution < -0.4 is 9.47 Å². The second-order valence-corrected chi connectivity index (χ2v) is 8.43. The van der Waals surface area contributed by atoms with Crippen molar-refractivity contribution in [3.05, 3.63) is 35.9 Å². The average molecular weight is 402 g/mol. The summed E-state index contributed by atoms with van der Waals surface area (Å²) in [5.74, 6) is 1.05. The second-order valence-electron chi connectivity index (χ2n) is 8.43. The largest absolute Gasteiger partial charge is 0.454 e. The number of hydrogen-bond acceptors (Lipinski definition) is 5. The van der Waals surface area contributed by atoms with E-state index in [-0.39, 0.29) is 24.9 Å². The molecule has 3 aliphatic rings. The van der Waals surface area contributed by atoms with Crippen molar-refractivity contribution in [3.8, 4) is 11.5 Å². The molecule has 0 bridgehead atoms. The van der Waals surface area contributed by atoms with Crippen molar-refractivity contribution in [3.63, 3.8) is 0 Å². The van der Waals surface area contributed by atoms with E-state index >= 15 is 0 Å². The number of carbonyl (C=O) groups is 1. The van der Waals surface area contributed by atoms with E-state index in [0.29, 0.717) is 0 Å². The maximum atomic E-state index is 12.2. The van der Waals surface area contributed by atoms with Gasteiger partial charge in [-0.2, -0.15) is 0 Å². The number of unbranched alkanes of at least 4 members (excludes halogenated alkanes) is 1. The maximum absolute atomic E-state index is 12.2. The van der Waals surface area contributed by atoms with E-state index in [1.807, 2.05) is 43.0 Å². The molecule has 0 saturated carbocycles. The highest BCUT2D eigenvalue weighted by molar-refractivity contribution is 5.87. The molecule has 4 rings (SSSR count). The van der Waals surface area contributed by atoms with Crippen molar-refractivity contribution in [1.29, 1.82) is 0 Å². The van der Waals surface area contributed by atoms with Crippen molar-refractivity contribution in [2.75, 3.05) is 19.9 Å². The van der Waals surface area contributed by atoms with Gasteiger partial charge >= 0.3 is 0 Å². The van der Waals surface area contributed by atoms with Gasteiger partial charge < -0.3 is 23.8 Å². The molecular weight excluding hydrogens is 370 g/mol. The predicted molar refractivity (Wildman–Crippen MR) is 109 cm³/mol. The molecule has 0 aromatic heterocycles. The smallest absolute Gasteiger partial charge is 0.246 e. The van der Waals surface area contributed by atoms with E-state index in [1.54, 1.807) is 6.08 Å². The molecule has 6 nitrogen and oxygen atoms in total. The first kappa shape index (κ1) is 20.2. The first-order chi connectivity index (χ1) is 14.0. The number of carbonyl (C=O) groups excluding carboxylic acids is 1. The standard InChI is InChI=1S/C23H31NO5/c1-23(2)28-19(9-5-3-6-10-21(25)24-13-7-4-8-14-24)22(29-23)17-11-12-18-20(15-17)27-16-26-18/h6,10-12,15,19,22H,3-5,7-9,13-14,16H2,1-2H3/b10-6+/t19-,22+/m0/s1. The molecule has 0 spiro atoms. The number of rotatable bonds is 6. The Balaban J connectivity index is 1.31. The summed E-state index contributed by atoms with van der Waals surface area (Å²) in [6.45, 7) is 5.94. The lowest BCUT2D eigenvalue weighted by Crippen LogP contribution is -2.34. The zero-order valence-corrected chi connectivity index (χ0v) is 17.4. The molecule has 2 saturated heterocycles. The van der Waals surface area contributed by atoms with Gasteiger partial charge in [0, 0.05) is 13.1 Å². The summed E-state index contributed by atoms with van der Waals surface area (Å²) < 4.78 is 23.3. The van der Waals surface area contributed by atoms with Crippen LogP contribution in [0.5, 0.6) is 11.5 Å². The maximum Gasteiger partial charge on any atom is 0.246 e. The topological polar surface area (TPSA) is 57.2 Å². The van der Waals surface area contributed by atoms with Gasteiger partial charge in [-0.15, -0.1) is 0 Å². The quantitative estimate of drug-likeness (QED) is 0.524. The third kappa shape index (κ3) is 4.93. The molecule has 0 N–H and O–H groups in total. The molecule has 29 heavy (non-hydrogen) atoms. The zero-order chi connectivity index (χ0) is 20.3. The predicted octanol–water partition coefficient (Wildman–Crippen LogP) is 4.35. The van der Waals surface area contributed by atoms with Crippen LogP contribution in [0.4, 0.5) is 0 Å². The Bertz CT molecular complexity index is 754. The first-order valence-electron chi connectivity index (χ1n) is 10.7. The summed E-state index contributed by atoms with van der Waals surface area (Å²) in [7, 11) is 0. The van der Waals surface area contributed by atoms with Crippen LogP contribution in [0.25, 0.3) is 0 Å². The van der Waals surface area contributed by atoms with Crippen LogP contribution in [0.15, 0.2) is 30.4 Å². The third-order valence-corrected chi connectivity index (χ3v) is 5.70.